The number of hydrogen-bond acceptors (Lipinski definition) is 2. The summed E-state index contributed by atoms with van der Waals surface area (Å²) in [7, 11) is 0. The standard InChI is InChI=1S/C9H12BrNO/c1-2-9(11-12)7-5-3-4-6-8(7)10/h3-6,9,11-12H,2H2,1H3/t9-/m1/s1. The number of benzene rings is 1. The molecule has 3 heteroatoms. The first-order valence-electron chi connectivity index (χ1n) is 3.93. The Morgan fingerprint density at radius 3 is 2.67 bits per heavy atom. The number of halogens is 1. The van der Waals surface area contributed by atoms with E-state index in [2.05, 4.69) is 21.4 Å². The van der Waals surface area contributed by atoms with E-state index < -0.39 is 0 Å². The summed E-state index contributed by atoms with van der Waals surface area (Å²) in [5, 5.41) is 8.83. The van der Waals surface area contributed by atoms with Crippen LogP contribution in [0, 0.1) is 0 Å². The fraction of sp³-hybridized carbons (Fsp3) is 0.333. The highest BCUT2D eigenvalue weighted by Gasteiger charge is 2.09. The predicted octanol–water partition coefficient (Wildman–Crippen LogP) is 2.88. The average molecular weight is 230 g/mol. The van der Waals surface area contributed by atoms with E-state index in [0.717, 1.165) is 16.5 Å². The first-order chi connectivity index (χ1) is 5.79. The molecule has 0 aromatic heterocycles. The van der Waals surface area contributed by atoms with Crippen molar-refractivity contribution in [2.45, 2.75) is 19.4 Å². The quantitative estimate of drug-likeness (QED) is 0.782. The maximum absolute atomic E-state index is 8.83. The second-order valence-corrected chi connectivity index (χ2v) is 3.47. The summed E-state index contributed by atoms with van der Waals surface area (Å²) < 4.78 is 1.03. The van der Waals surface area contributed by atoms with E-state index in [1.165, 1.54) is 0 Å². The topological polar surface area (TPSA) is 32.3 Å². The number of nitrogens with one attached hydrogen (secondary N) is 1. The Balaban J connectivity index is 2.92. The fourth-order valence-corrected chi connectivity index (χ4v) is 1.70. The molecule has 2 N–H and O–H groups in total. The van der Waals surface area contributed by atoms with Crippen LogP contribution in [-0.4, -0.2) is 5.21 Å². The summed E-state index contributed by atoms with van der Waals surface area (Å²) in [6.45, 7) is 2.02. The van der Waals surface area contributed by atoms with Crippen molar-refractivity contribution in [2.24, 2.45) is 0 Å². The van der Waals surface area contributed by atoms with Crippen LogP contribution in [0.1, 0.15) is 24.9 Å². The van der Waals surface area contributed by atoms with Gasteiger partial charge in [0.05, 0.1) is 6.04 Å². The van der Waals surface area contributed by atoms with E-state index in [9.17, 15) is 0 Å². The van der Waals surface area contributed by atoms with Gasteiger partial charge < -0.3 is 5.21 Å². The largest absolute Gasteiger partial charge is 0.316 e. The fourth-order valence-electron chi connectivity index (χ4n) is 1.14. The van der Waals surface area contributed by atoms with Crippen LogP contribution in [0.5, 0.6) is 0 Å². The van der Waals surface area contributed by atoms with Crippen LogP contribution in [0.2, 0.25) is 0 Å². The minimum Gasteiger partial charge on any atom is -0.316 e. The predicted molar refractivity (Wildman–Crippen MR) is 52.1 cm³/mol. The van der Waals surface area contributed by atoms with E-state index in [-0.39, 0.29) is 6.04 Å². The van der Waals surface area contributed by atoms with E-state index in [1.54, 1.807) is 0 Å². The van der Waals surface area contributed by atoms with Gasteiger partial charge in [0, 0.05) is 4.47 Å². The smallest absolute Gasteiger partial charge is 0.0577 e. The minimum atomic E-state index is 0.0144. The summed E-state index contributed by atoms with van der Waals surface area (Å²) in [6.07, 6.45) is 0.860. The van der Waals surface area contributed by atoms with Crippen molar-refractivity contribution in [2.75, 3.05) is 0 Å². The monoisotopic (exact) mass is 229 g/mol. The summed E-state index contributed by atoms with van der Waals surface area (Å²) >= 11 is 3.43. The molecule has 1 rings (SSSR count). The zero-order chi connectivity index (χ0) is 8.97. The van der Waals surface area contributed by atoms with E-state index in [1.807, 2.05) is 31.2 Å². The van der Waals surface area contributed by atoms with Gasteiger partial charge in [-0.1, -0.05) is 41.1 Å². The molecule has 0 radical (unpaired) electrons. The first-order valence-corrected chi connectivity index (χ1v) is 4.73. The van der Waals surface area contributed by atoms with Gasteiger partial charge in [0.15, 0.2) is 0 Å². The lowest BCUT2D eigenvalue weighted by Crippen LogP contribution is -2.16. The number of hydroxylamine groups is 1. The number of rotatable bonds is 3. The Morgan fingerprint density at radius 2 is 2.17 bits per heavy atom. The van der Waals surface area contributed by atoms with E-state index in [0.29, 0.717) is 0 Å². The molecule has 0 unspecified atom stereocenters. The molecule has 1 atom stereocenters. The molecule has 66 valence electrons. The van der Waals surface area contributed by atoms with Crippen LogP contribution >= 0.6 is 15.9 Å². The summed E-state index contributed by atoms with van der Waals surface area (Å²) in [6, 6.07) is 7.88. The first kappa shape index (κ1) is 9.71. The van der Waals surface area contributed by atoms with Crippen molar-refractivity contribution in [3.8, 4) is 0 Å². The van der Waals surface area contributed by atoms with Crippen molar-refractivity contribution < 1.29 is 5.21 Å². The average Bonchev–Trinajstić information content (AvgIpc) is 2.10. The Bertz CT molecular complexity index is 248. The number of hydrogen-bond donors (Lipinski definition) is 2. The van der Waals surface area contributed by atoms with Crippen molar-refractivity contribution in [1.29, 1.82) is 0 Å². The lowest BCUT2D eigenvalue weighted by molar-refractivity contribution is 0.124. The van der Waals surface area contributed by atoms with E-state index >= 15 is 0 Å². The highest BCUT2D eigenvalue weighted by atomic mass is 79.9. The van der Waals surface area contributed by atoms with Gasteiger partial charge in [-0.15, -0.1) is 0 Å². The molecule has 2 nitrogen and oxygen atoms in total. The lowest BCUT2D eigenvalue weighted by atomic mass is 10.1. The highest BCUT2D eigenvalue weighted by molar-refractivity contribution is 9.10. The van der Waals surface area contributed by atoms with Crippen LogP contribution in [0.25, 0.3) is 0 Å². The van der Waals surface area contributed by atoms with Crippen molar-refractivity contribution in [3.63, 3.8) is 0 Å². The van der Waals surface area contributed by atoms with Crippen LogP contribution < -0.4 is 5.48 Å². The Morgan fingerprint density at radius 1 is 1.50 bits per heavy atom. The van der Waals surface area contributed by atoms with Gasteiger partial charge in [0.2, 0.25) is 0 Å². The molecular weight excluding hydrogens is 218 g/mol. The van der Waals surface area contributed by atoms with Crippen LogP contribution in [0.4, 0.5) is 0 Å². The third-order valence-corrected chi connectivity index (χ3v) is 2.57. The van der Waals surface area contributed by atoms with Gasteiger partial charge in [0.25, 0.3) is 0 Å². The van der Waals surface area contributed by atoms with Gasteiger partial charge in [-0.2, -0.15) is 5.48 Å². The molecular formula is C9H12BrNO. The maximum Gasteiger partial charge on any atom is 0.0577 e. The molecule has 0 bridgehead atoms. The van der Waals surface area contributed by atoms with Gasteiger partial charge in [-0.3, -0.25) is 0 Å². The van der Waals surface area contributed by atoms with Gasteiger partial charge in [-0.25, -0.2) is 0 Å². The Kier molecular flexibility index (Phi) is 3.72. The SMILES string of the molecule is CC[C@@H](NO)c1ccccc1Br. The van der Waals surface area contributed by atoms with Crippen LogP contribution in [-0.2, 0) is 0 Å². The van der Waals surface area contributed by atoms with Gasteiger partial charge >= 0.3 is 0 Å². The molecule has 0 spiro atoms. The molecule has 0 aliphatic heterocycles. The van der Waals surface area contributed by atoms with Crippen LogP contribution in [0.15, 0.2) is 28.7 Å². The summed E-state index contributed by atoms with van der Waals surface area (Å²) in [5.74, 6) is 0. The molecule has 1 aromatic carbocycles. The van der Waals surface area contributed by atoms with Crippen molar-refractivity contribution in [3.05, 3.63) is 34.3 Å². The summed E-state index contributed by atoms with van der Waals surface area (Å²) in [5.41, 5.74) is 3.36. The molecule has 0 aliphatic carbocycles. The van der Waals surface area contributed by atoms with Crippen LogP contribution in [0.3, 0.4) is 0 Å². The molecule has 0 amide bonds. The normalized spacial score (nSPS) is 12.9. The second kappa shape index (κ2) is 4.60. The molecule has 1 aromatic rings. The third kappa shape index (κ3) is 2.06. The Labute approximate surface area is 80.7 Å². The zero-order valence-electron chi connectivity index (χ0n) is 6.92. The second-order valence-electron chi connectivity index (χ2n) is 2.61. The highest BCUT2D eigenvalue weighted by Crippen LogP contribution is 2.24. The molecule has 0 saturated heterocycles. The molecule has 12 heavy (non-hydrogen) atoms. The third-order valence-electron chi connectivity index (χ3n) is 1.84. The molecule has 0 heterocycles. The molecule has 0 aliphatic rings. The summed E-state index contributed by atoms with van der Waals surface area (Å²) in [4.78, 5) is 0. The Hall–Kier alpha value is -0.380. The van der Waals surface area contributed by atoms with Crippen molar-refractivity contribution in [1.82, 2.24) is 5.48 Å². The van der Waals surface area contributed by atoms with Crippen molar-refractivity contribution >= 4 is 15.9 Å². The molecule has 0 fully saturated rings. The van der Waals surface area contributed by atoms with Gasteiger partial charge in [0.1, 0.15) is 0 Å². The maximum atomic E-state index is 8.83. The molecule has 0 saturated carbocycles. The zero-order valence-corrected chi connectivity index (χ0v) is 8.51. The lowest BCUT2D eigenvalue weighted by Gasteiger charge is -2.14. The van der Waals surface area contributed by atoms with Gasteiger partial charge in [-0.05, 0) is 18.1 Å². The minimum absolute atomic E-state index is 0.0144. The van der Waals surface area contributed by atoms with E-state index in [4.69, 9.17) is 5.21 Å².